The Balaban J connectivity index is 1.32. The Bertz CT molecular complexity index is 521. The Hall–Kier alpha value is -1.59. The molecule has 1 amide bonds. The van der Waals surface area contributed by atoms with Gasteiger partial charge in [0.1, 0.15) is 6.61 Å². The van der Waals surface area contributed by atoms with E-state index in [4.69, 9.17) is 4.74 Å². The topological polar surface area (TPSA) is 44.8 Å². The van der Waals surface area contributed by atoms with Crippen LogP contribution in [0.15, 0.2) is 30.3 Å². The number of piperidine rings is 2. The standard InChI is InChI=1S/C20H31N3O2/c1-22-11-9-19(10-12-22)21-15-17-7-13-23(14-8-17)20(24)25-16-18-5-3-2-4-6-18/h2-6,17,19,21H,7-16H2,1H3. The third kappa shape index (κ3) is 5.72. The first-order chi connectivity index (χ1) is 12.2. The summed E-state index contributed by atoms with van der Waals surface area (Å²) in [5, 5.41) is 3.74. The van der Waals surface area contributed by atoms with Crippen molar-refractivity contribution in [2.45, 2.75) is 38.3 Å². The van der Waals surface area contributed by atoms with Crippen molar-refractivity contribution in [3.05, 3.63) is 35.9 Å². The molecular formula is C20H31N3O2. The molecule has 2 fully saturated rings. The van der Waals surface area contributed by atoms with E-state index in [9.17, 15) is 4.79 Å². The zero-order chi connectivity index (χ0) is 17.5. The molecule has 0 unspecified atom stereocenters. The summed E-state index contributed by atoms with van der Waals surface area (Å²) in [6.07, 6.45) is 4.47. The van der Waals surface area contributed by atoms with Gasteiger partial charge in [-0.2, -0.15) is 0 Å². The van der Waals surface area contributed by atoms with Gasteiger partial charge in [-0.25, -0.2) is 4.79 Å². The van der Waals surface area contributed by atoms with Gasteiger partial charge >= 0.3 is 6.09 Å². The predicted molar refractivity (Wildman–Crippen MR) is 99.4 cm³/mol. The van der Waals surface area contributed by atoms with Gasteiger partial charge in [0.05, 0.1) is 0 Å². The van der Waals surface area contributed by atoms with Crippen LogP contribution in [0, 0.1) is 5.92 Å². The molecule has 138 valence electrons. The van der Waals surface area contributed by atoms with Crippen molar-refractivity contribution in [1.29, 1.82) is 0 Å². The first-order valence-electron chi connectivity index (χ1n) is 9.58. The number of carbonyl (C=O) groups excluding carboxylic acids is 1. The van der Waals surface area contributed by atoms with Crippen LogP contribution in [0.2, 0.25) is 0 Å². The van der Waals surface area contributed by atoms with E-state index in [0.29, 0.717) is 18.6 Å². The average Bonchev–Trinajstić information content (AvgIpc) is 2.67. The summed E-state index contributed by atoms with van der Waals surface area (Å²) in [6, 6.07) is 10.5. The summed E-state index contributed by atoms with van der Waals surface area (Å²) in [4.78, 5) is 16.5. The van der Waals surface area contributed by atoms with Crippen LogP contribution in [0.25, 0.3) is 0 Å². The van der Waals surface area contributed by atoms with E-state index in [1.54, 1.807) is 0 Å². The highest BCUT2D eigenvalue weighted by Crippen LogP contribution is 2.18. The molecule has 0 aliphatic carbocycles. The second kappa shape index (κ2) is 9.20. The molecule has 0 atom stereocenters. The first-order valence-corrected chi connectivity index (χ1v) is 9.58. The molecule has 5 nitrogen and oxygen atoms in total. The third-order valence-electron chi connectivity index (χ3n) is 5.49. The summed E-state index contributed by atoms with van der Waals surface area (Å²) in [6.45, 7) is 5.46. The third-order valence-corrected chi connectivity index (χ3v) is 5.49. The van der Waals surface area contributed by atoms with Crippen molar-refractivity contribution < 1.29 is 9.53 Å². The Kier molecular flexibility index (Phi) is 6.70. The lowest BCUT2D eigenvalue weighted by Gasteiger charge is -2.34. The van der Waals surface area contributed by atoms with Gasteiger partial charge in [0.15, 0.2) is 0 Å². The maximum atomic E-state index is 12.2. The largest absolute Gasteiger partial charge is 0.445 e. The van der Waals surface area contributed by atoms with Crippen molar-refractivity contribution in [2.24, 2.45) is 5.92 Å². The number of hydrogen-bond donors (Lipinski definition) is 1. The fraction of sp³-hybridized carbons (Fsp3) is 0.650. The molecule has 25 heavy (non-hydrogen) atoms. The molecule has 1 aromatic carbocycles. The molecule has 0 aromatic heterocycles. The van der Waals surface area contributed by atoms with E-state index in [0.717, 1.165) is 38.0 Å². The molecule has 2 aliphatic heterocycles. The number of ether oxygens (including phenoxy) is 1. The highest BCUT2D eigenvalue weighted by atomic mass is 16.6. The molecule has 2 aliphatic rings. The smallest absolute Gasteiger partial charge is 0.410 e. The van der Waals surface area contributed by atoms with Crippen LogP contribution in [-0.4, -0.2) is 61.7 Å². The quantitative estimate of drug-likeness (QED) is 0.891. The molecule has 0 spiro atoms. The summed E-state index contributed by atoms with van der Waals surface area (Å²) < 4.78 is 5.43. The Morgan fingerprint density at radius 1 is 1.08 bits per heavy atom. The van der Waals surface area contributed by atoms with Crippen molar-refractivity contribution in [3.8, 4) is 0 Å². The van der Waals surface area contributed by atoms with E-state index in [1.807, 2.05) is 35.2 Å². The molecule has 5 heteroatoms. The van der Waals surface area contributed by atoms with E-state index in [1.165, 1.54) is 25.9 Å². The lowest BCUT2D eigenvalue weighted by atomic mass is 9.96. The Morgan fingerprint density at radius 2 is 1.76 bits per heavy atom. The first kappa shape index (κ1) is 18.2. The minimum atomic E-state index is -0.175. The van der Waals surface area contributed by atoms with Gasteiger partial charge < -0.3 is 19.9 Å². The molecule has 0 radical (unpaired) electrons. The summed E-state index contributed by atoms with van der Waals surface area (Å²) >= 11 is 0. The summed E-state index contributed by atoms with van der Waals surface area (Å²) in [7, 11) is 2.20. The van der Waals surface area contributed by atoms with Crippen molar-refractivity contribution in [3.63, 3.8) is 0 Å². The molecule has 1 N–H and O–H groups in total. The van der Waals surface area contributed by atoms with Crippen LogP contribution in [0.4, 0.5) is 4.79 Å². The van der Waals surface area contributed by atoms with Gasteiger partial charge in [-0.1, -0.05) is 30.3 Å². The van der Waals surface area contributed by atoms with Gasteiger partial charge in [0.2, 0.25) is 0 Å². The number of benzene rings is 1. The maximum Gasteiger partial charge on any atom is 0.410 e. The molecule has 2 heterocycles. The maximum absolute atomic E-state index is 12.2. The molecule has 0 bridgehead atoms. The van der Waals surface area contributed by atoms with Gasteiger partial charge in [0.25, 0.3) is 0 Å². The number of carbonyl (C=O) groups is 1. The number of likely N-dealkylation sites (tertiary alicyclic amines) is 2. The number of nitrogens with zero attached hydrogens (tertiary/aromatic N) is 2. The highest BCUT2D eigenvalue weighted by molar-refractivity contribution is 5.67. The molecular weight excluding hydrogens is 314 g/mol. The lowest BCUT2D eigenvalue weighted by Crippen LogP contribution is -2.45. The molecule has 2 saturated heterocycles. The van der Waals surface area contributed by atoms with Crippen LogP contribution in [0.5, 0.6) is 0 Å². The monoisotopic (exact) mass is 345 g/mol. The fourth-order valence-corrected chi connectivity index (χ4v) is 3.68. The fourth-order valence-electron chi connectivity index (χ4n) is 3.68. The van der Waals surface area contributed by atoms with Crippen LogP contribution in [0.1, 0.15) is 31.2 Å². The second-order valence-corrected chi connectivity index (χ2v) is 7.46. The van der Waals surface area contributed by atoms with E-state index in [-0.39, 0.29) is 6.09 Å². The highest BCUT2D eigenvalue weighted by Gasteiger charge is 2.25. The summed E-state index contributed by atoms with van der Waals surface area (Å²) in [5.41, 5.74) is 1.04. The van der Waals surface area contributed by atoms with Gasteiger partial charge in [0, 0.05) is 19.1 Å². The normalized spacial score (nSPS) is 20.6. The Morgan fingerprint density at radius 3 is 2.44 bits per heavy atom. The second-order valence-electron chi connectivity index (χ2n) is 7.46. The van der Waals surface area contributed by atoms with Crippen LogP contribution >= 0.6 is 0 Å². The van der Waals surface area contributed by atoms with Crippen molar-refractivity contribution in [1.82, 2.24) is 15.1 Å². The average molecular weight is 345 g/mol. The SMILES string of the molecule is CN1CCC(NCC2CCN(C(=O)OCc3ccccc3)CC2)CC1. The van der Waals surface area contributed by atoms with Crippen molar-refractivity contribution in [2.75, 3.05) is 39.8 Å². The van der Waals surface area contributed by atoms with Gasteiger partial charge in [-0.15, -0.1) is 0 Å². The summed E-state index contributed by atoms with van der Waals surface area (Å²) in [5.74, 6) is 0.679. The number of hydrogen-bond acceptors (Lipinski definition) is 4. The molecule has 1 aromatic rings. The number of rotatable bonds is 5. The van der Waals surface area contributed by atoms with Gasteiger partial charge in [-0.3, -0.25) is 0 Å². The van der Waals surface area contributed by atoms with E-state index in [2.05, 4.69) is 17.3 Å². The van der Waals surface area contributed by atoms with E-state index < -0.39 is 0 Å². The van der Waals surface area contributed by atoms with Crippen LogP contribution in [0.3, 0.4) is 0 Å². The zero-order valence-corrected chi connectivity index (χ0v) is 15.3. The van der Waals surface area contributed by atoms with Gasteiger partial charge in [-0.05, 0) is 63.8 Å². The minimum absolute atomic E-state index is 0.175. The molecule has 0 saturated carbocycles. The zero-order valence-electron chi connectivity index (χ0n) is 15.3. The lowest BCUT2D eigenvalue weighted by molar-refractivity contribution is 0.0816. The molecule has 3 rings (SSSR count). The minimum Gasteiger partial charge on any atom is -0.445 e. The van der Waals surface area contributed by atoms with Crippen LogP contribution < -0.4 is 5.32 Å². The number of nitrogens with one attached hydrogen (secondary N) is 1. The van der Waals surface area contributed by atoms with Crippen LogP contribution in [-0.2, 0) is 11.3 Å². The van der Waals surface area contributed by atoms with Crippen molar-refractivity contribution >= 4 is 6.09 Å². The Labute approximate surface area is 151 Å². The predicted octanol–water partition coefficient (Wildman–Crippen LogP) is 2.72. The van der Waals surface area contributed by atoms with E-state index >= 15 is 0 Å². The number of amides is 1.